The minimum Gasteiger partial charge on any atom is -0.437 e. The molecule has 1 aromatic heterocycles. The summed E-state index contributed by atoms with van der Waals surface area (Å²) in [6, 6.07) is 17.9. The summed E-state index contributed by atoms with van der Waals surface area (Å²) >= 11 is 6.18. The molecule has 6 nitrogen and oxygen atoms in total. The van der Waals surface area contributed by atoms with E-state index in [9.17, 15) is 8.42 Å². The standard InChI is InChI=1S/C27H30ClN3O3S/c1-2-17-35(32,33)31-24-5-3-15-30-26(24)34-22-11-6-19-12-16-29-25(23(19)18-22)27(13-4-14-27)20-7-9-21(28)10-8-20/h3,5-11,15,18,25,29,31H,2,4,12-14,16-17H2,1H3. The Morgan fingerprint density at radius 3 is 2.69 bits per heavy atom. The molecule has 1 aliphatic heterocycles. The fourth-order valence-corrected chi connectivity index (χ4v) is 6.58. The van der Waals surface area contributed by atoms with E-state index >= 15 is 0 Å². The Morgan fingerprint density at radius 1 is 1.17 bits per heavy atom. The van der Waals surface area contributed by atoms with E-state index in [1.807, 2.05) is 25.1 Å². The van der Waals surface area contributed by atoms with Crippen LogP contribution in [-0.2, 0) is 21.9 Å². The third-order valence-corrected chi connectivity index (χ3v) is 8.84. The van der Waals surface area contributed by atoms with Gasteiger partial charge < -0.3 is 10.1 Å². The molecule has 1 aliphatic carbocycles. The van der Waals surface area contributed by atoms with E-state index in [0.29, 0.717) is 17.9 Å². The molecule has 2 aromatic carbocycles. The second-order valence-electron chi connectivity index (χ2n) is 9.39. The first-order chi connectivity index (χ1) is 16.9. The van der Waals surface area contributed by atoms with Crippen molar-refractivity contribution < 1.29 is 13.2 Å². The van der Waals surface area contributed by atoms with Crippen LogP contribution in [0.3, 0.4) is 0 Å². The first kappa shape index (κ1) is 24.1. The molecule has 184 valence electrons. The summed E-state index contributed by atoms with van der Waals surface area (Å²) in [5, 5.41) is 4.53. The number of ether oxygens (including phenoxy) is 1. The van der Waals surface area contributed by atoms with Crippen LogP contribution in [0.5, 0.6) is 11.6 Å². The summed E-state index contributed by atoms with van der Waals surface area (Å²) in [5.41, 5.74) is 4.20. The zero-order chi connectivity index (χ0) is 24.5. The van der Waals surface area contributed by atoms with E-state index in [0.717, 1.165) is 30.8 Å². The molecule has 0 saturated heterocycles. The summed E-state index contributed by atoms with van der Waals surface area (Å²) in [7, 11) is -3.46. The number of hydrogen-bond acceptors (Lipinski definition) is 5. The van der Waals surface area contributed by atoms with Crippen LogP contribution in [0.25, 0.3) is 0 Å². The molecule has 2 aliphatic rings. The fourth-order valence-electron chi connectivity index (χ4n) is 5.32. The first-order valence-corrected chi connectivity index (χ1v) is 14.2. The summed E-state index contributed by atoms with van der Waals surface area (Å²) < 4.78 is 33.4. The number of sulfonamides is 1. The third-order valence-electron chi connectivity index (χ3n) is 7.11. The van der Waals surface area contributed by atoms with Crippen LogP contribution in [0.4, 0.5) is 5.69 Å². The van der Waals surface area contributed by atoms with Crippen molar-refractivity contribution in [1.82, 2.24) is 10.3 Å². The van der Waals surface area contributed by atoms with E-state index in [-0.39, 0.29) is 23.1 Å². The molecule has 5 rings (SSSR count). The Hall–Kier alpha value is -2.61. The number of fused-ring (bicyclic) bond motifs is 1. The molecule has 2 N–H and O–H groups in total. The predicted molar refractivity (Wildman–Crippen MR) is 140 cm³/mol. The average Bonchev–Trinajstić information content (AvgIpc) is 2.81. The second-order valence-corrected chi connectivity index (χ2v) is 11.7. The van der Waals surface area contributed by atoms with Crippen LogP contribution in [0.2, 0.25) is 5.02 Å². The maximum Gasteiger partial charge on any atom is 0.243 e. The fraction of sp³-hybridized carbons (Fsp3) is 0.370. The molecule has 35 heavy (non-hydrogen) atoms. The number of aromatic nitrogens is 1. The van der Waals surface area contributed by atoms with Gasteiger partial charge in [0.05, 0.1) is 5.75 Å². The number of anilines is 1. The minimum atomic E-state index is -3.46. The number of benzene rings is 2. The number of pyridine rings is 1. The highest BCUT2D eigenvalue weighted by molar-refractivity contribution is 7.92. The number of rotatable bonds is 8. The van der Waals surface area contributed by atoms with Gasteiger partial charge in [0.1, 0.15) is 11.4 Å². The van der Waals surface area contributed by atoms with Crippen LogP contribution in [0.1, 0.15) is 55.3 Å². The van der Waals surface area contributed by atoms with E-state index in [2.05, 4.69) is 39.3 Å². The Labute approximate surface area is 212 Å². The minimum absolute atomic E-state index is 0.0182. The zero-order valence-electron chi connectivity index (χ0n) is 19.8. The Kier molecular flexibility index (Phi) is 6.75. The molecule has 0 bridgehead atoms. The lowest BCUT2D eigenvalue weighted by Gasteiger charge is -2.50. The molecule has 3 aromatic rings. The maximum atomic E-state index is 12.3. The molecule has 0 amide bonds. The molecule has 0 spiro atoms. The first-order valence-electron chi connectivity index (χ1n) is 12.2. The molecule has 8 heteroatoms. The number of hydrogen-bond donors (Lipinski definition) is 2. The predicted octanol–water partition coefficient (Wildman–Crippen LogP) is 5.99. The van der Waals surface area contributed by atoms with Gasteiger partial charge in [-0.15, -0.1) is 0 Å². The second kappa shape index (κ2) is 9.80. The molecular formula is C27H30ClN3O3S. The normalized spacial score (nSPS) is 18.9. The monoisotopic (exact) mass is 511 g/mol. The van der Waals surface area contributed by atoms with Crippen molar-refractivity contribution in [3.8, 4) is 11.6 Å². The Balaban J connectivity index is 1.47. The van der Waals surface area contributed by atoms with Crippen molar-refractivity contribution in [3.63, 3.8) is 0 Å². The lowest BCUT2D eigenvalue weighted by molar-refractivity contribution is 0.164. The van der Waals surface area contributed by atoms with E-state index in [1.165, 1.54) is 23.1 Å². The average molecular weight is 512 g/mol. The largest absolute Gasteiger partial charge is 0.437 e. The van der Waals surface area contributed by atoms with Crippen LogP contribution in [-0.4, -0.2) is 25.7 Å². The molecule has 1 fully saturated rings. The topological polar surface area (TPSA) is 80.3 Å². The van der Waals surface area contributed by atoms with Gasteiger partial charge in [0.25, 0.3) is 0 Å². The summed E-state index contributed by atoms with van der Waals surface area (Å²) in [5.74, 6) is 0.918. The smallest absolute Gasteiger partial charge is 0.243 e. The van der Waals surface area contributed by atoms with E-state index < -0.39 is 10.0 Å². The SMILES string of the molecule is CCCS(=O)(=O)Nc1cccnc1Oc1ccc2c(c1)C(C1(c3ccc(Cl)cc3)CCC1)NCC2. The van der Waals surface area contributed by atoms with Gasteiger partial charge in [-0.1, -0.05) is 43.1 Å². The molecule has 1 unspecified atom stereocenters. The van der Waals surface area contributed by atoms with Crippen LogP contribution in [0.15, 0.2) is 60.8 Å². The van der Waals surface area contributed by atoms with Gasteiger partial charge in [0.15, 0.2) is 0 Å². The maximum absolute atomic E-state index is 12.3. The van der Waals surface area contributed by atoms with Gasteiger partial charge in [-0.25, -0.2) is 13.4 Å². The number of nitrogens with zero attached hydrogens (tertiary/aromatic N) is 1. The lowest BCUT2D eigenvalue weighted by atomic mass is 9.58. The molecule has 1 atom stereocenters. The number of nitrogens with one attached hydrogen (secondary N) is 2. The van der Waals surface area contributed by atoms with Crippen molar-refractivity contribution >= 4 is 27.3 Å². The highest BCUT2D eigenvalue weighted by Gasteiger charge is 2.47. The van der Waals surface area contributed by atoms with Crippen molar-refractivity contribution in [2.75, 3.05) is 17.0 Å². The van der Waals surface area contributed by atoms with Crippen molar-refractivity contribution in [1.29, 1.82) is 0 Å². The highest BCUT2D eigenvalue weighted by Crippen LogP contribution is 2.54. The quantitative estimate of drug-likeness (QED) is 0.388. The van der Waals surface area contributed by atoms with Crippen LogP contribution >= 0.6 is 11.6 Å². The molecule has 1 saturated carbocycles. The molecule has 2 heterocycles. The van der Waals surface area contributed by atoms with Crippen molar-refractivity contribution in [2.24, 2.45) is 0 Å². The van der Waals surface area contributed by atoms with E-state index in [1.54, 1.807) is 18.3 Å². The Morgan fingerprint density at radius 2 is 1.97 bits per heavy atom. The summed E-state index contributed by atoms with van der Waals surface area (Å²) in [4.78, 5) is 4.30. The van der Waals surface area contributed by atoms with Crippen molar-refractivity contribution in [3.05, 3.63) is 82.5 Å². The summed E-state index contributed by atoms with van der Waals surface area (Å²) in [6.45, 7) is 2.76. The Bertz CT molecular complexity index is 1310. The number of halogens is 1. The van der Waals surface area contributed by atoms with Crippen LogP contribution in [0, 0.1) is 0 Å². The van der Waals surface area contributed by atoms with Crippen molar-refractivity contribution in [2.45, 2.75) is 50.5 Å². The summed E-state index contributed by atoms with van der Waals surface area (Å²) in [6.07, 6.45) is 6.50. The zero-order valence-corrected chi connectivity index (χ0v) is 21.3. The van der Waals surface area contributed by atoms with Gasteiger partial charge in [-0.2, -0.15) is 0 Å². The van der Waals surface area contributed by atoms with Gasteiger partial charge in [-0.05, 0) is 85.3 Å². The molecule has 0 radical (unpaired) electrons. The third kappa shape index (κ3) is 4.90. The van der Waals surface area contributed by atoms with Gasteiger partial charge in [0.2, 0.25) is 15.9 Å². The molecular weight excluding hydrogens is 482 g/mol. The van der Waals surface area contributed by atoms with Crippen LogP contribution < -0.4 is 14.8 Å². The lowest BCUT2D eigenvalue weighted by Crippen LogP contribution is -2.49. The van der Waals surface area contributed by atoms with Gasteiger partial charge >= 0.3 is 0 Å². The van der Waals surface area contributed by atoms with Gasteiger partial charge in [0, 0.05) is 22.7 Å². The van der Waals surface area contributed by atoms with E-state index in [4.69, 9.17) is 16.3 Å². The highest BCUT2D eigenvalue weighted by atomic mass is 35.5. The van der Waals surface area contributed by atoms with Gasteiger partial charge in [-0.3, -0.25) is 4.72 Å².